The lowest BCUT2D eigenvalue weighted by molar-refractivity contribution is -0.138. The summed E-state index contributed by atoms with van der Waals surface area (Å²) in [7, 11) is 1.45. The van der Waals surface area contributed by atoms with Crippen LogP contribution in [0, 0.1) is 6.92 Å². The topological polar surface area (TPSA) is 269 Å². The molecule has 3 aromatic carbocycles. The quantitative estimate of drug-likeness (QED) is 0.120. The van der Waals surface area contributed by atoms with Crippen molar-refractivity contribution in [2.45, 2.75) is 65.1 Å². The van der Waals surface area contributed by atoms with Crippen molar-refractivity contribution in [2.24, 2.45) is 0 Å². The number of carbonyl (C=O) groups is 6. The van der Waals surface area contributed by atoms with Crippen molar-refractivity contribution in [1.29, 1.82) is 0 Å². The number of methoxy groups -OCH3 is 1. The highest BCUT2D eigenvalue weighted by atomic mass is 35.5. The minimum Gasteiger partial charge on any atom is -0.507 e. The Balaban J connectivity index is 0.000000390. The van der Waals surface area contributed by atoms with Crippen LogP contribution in [0.3, 0.4) is 0 Å². The van der Waals surface area contributed by atoms with E-state index in [1.54, 1.807) is 39.8 Å². The second kappa shape index (κ2) is 21.2. The van der Waals surface area contributed by atoms with E-state index in [1.165, 1.54) is 49.6 Å². The molecule has 0 heterocycles. The van der Waals surface area contributed by atoms with Gasteiger partial charge in [-0.1, -0.05) is 23.2 Å². The smallest absolute Gasteiger partial charge is 0.305 e. The maximum atomic E-state index is 11.8. The molecule has 9 N–H and O–H groups in total. The number of hydrogen-bond donors (Lipinski definition) is 9. The summed E-state index contributed by atoms with van der Waals surface area (Å²) < 4.78 is 4.94. The molecular weight excluding hydrogens is 706 g/mol. The fourth-order valence-corrected chi connectivity index (χ4v) is 4.36. The second-order valence-corrected chi connectivity index (χ2v) is 11.9. The number of benzene rings is 3. The van der Waals surface area contributed by atoms with Crippen LogP contribution in [0.4, 0.5) is 0 Å². The van der Waals surface area contributed by atoms with Crippen LogP contribution in [0.15, 0.2) is 54.6 Å². The monoisotopic (exact) mass is 747 g/mol. The zero-order valence-corrected chi connectivity index (χ0v) is 29.7. The van der Waals surface area contributed by atoms with Gasteiger partial charge in [0.15, 0.2) is 0 Å². The summed E-state index contributed by atoms with van der Waals surface area (Å²) in [6, 6.07) is 11.5. The third-order valence-electron chi connectivity index (χ3n) is 6.62. The predicted molar refractivity (Wildman–Crippen MR) is 188 cm³/mol. The first-order valence-corrected chi connectivity index (χ1v) is 15.8. The molecule has 0 bridgehead atoms. The largest absolute Gasteiger partial charge is 0.507 e. The highest BCUT2D eigenvalue weighted by Crippen LogP contribution is 2.23. The van der Waals surface area contributed by atoms with Crippen molar-refractivity contribution in [3.05, 3.63) is 81.9 Å². The number of halogens is 1. The van der Waals surface area contributed by atoms with Crippen LogP contribution >= 0.6 is 11.6 Å². The van der Waals surface area contributed by atoms with Crippen LogP contribution in [0.1, 0.15) is 76.7 Å². The highest BCUT2D eigenvalue weighted by Gasteiger charge is 2.18. The van der Waals surface area contributed by atoms with Crippen molar-refractivity contribution in [3.8, 4) is 23.0 Å². The average molecular weight is 748 g/mol. The zero-order chi connectivity index (χ0) is 39.7. The summed E-state index contributed by atoms with van der Waals surface area (Å²) >= 11 is 5.70. The van der Waals surface area contributed by atoms with Crippen LogP contribution in [0.2, 0.25) is 5.02 Å². The molecule has 0 aromatic heterocycles. The van der Waals surface area contributed by atoms with Gasteiger partial charge in [-0.15, -0.1) is 0 Å². The number of amides is 3. The maximum absolute atomic E-state index is 11.8. The molecule has 0 aliphatic heterocycles. The van der Waals surface area contributed by atoms with E-state index in [0.717, 1.165) is 5.56 Å². The number of phenolic OH excluding ortho intramolecular Hbond substituents is 3. The van der Waals surface area contributed by atoms with E-state index in [-0.39, 0.29) is 53.2 Å². The van der Waals surface area contributed by atoms with Gasteiger partial charge >= 0.3 is 17.9 Å². The molecule has 3 atom stereocenters. The molecule has 0 spiro atoms. The first-order chi connectivity index (χ1) is 24.2. The Morgan fingerprint density at radius 3 is 1.33 bits per heavy atom. The molecule has 16 nitrogen and oxygen atoms in total. The van der Waals surface area contributed by atoms with Crippen LogP contribution in [-0.4, -0.2) is 91.5 Å². The third kappa shape index (κ3) is 16.1. The number of aliphatic carboxylic acids is 3. The van der Waals surface area contributed by atoms with Gasteiger partial charge in [-0.05, 0) is 76.2 Å². The number of aromatic hydroxyl groups is 3. The fraction of sp³-hybridized carbons (Fsp3) is 0.314. The molecule has 52 heavy (non-hydrogen) atoms. The van der Waals surface area contributed by atoms with Gasteiger partial charge in [0.25, 0.3) is 17.7 Å². The Kier molecular flexibility index (Phi) is 18.0. The fourth-order valence-electron chi connectivity index (χ4n) is 4.19. The van der Waals surface area contributed by atoms with Crippen LogP contribution in [0.5, 0.6) is 23.0 Å². The molecule has 3 aromatic rings. The van der Waals surface area contributed by atoms with Gasteiger partial charge in [0.2, 0.25) is 0 Å². The van der Waals surface area contributed by atoms with E-state index < -0.39 is 53.8 Å². The number of phenols is 3. The van der Waals surface area contributed by atoms with E-state index in [1.807, 2.05) is 0 Å². The average Bonchev–Trinajstić information content (AvgIpc) is 3.02. The lowest BCUT2D eigenvalue weighted by Crippen LogP contribution is -2.34. The Bertz CT molecular complexity index is 1670. The van der Waals surface area contributed by atoms with Crippen molar-refractivity contribution < 1.29 is 64.1 Å². The van der Waals surface area contributed by atoms with Gasteiger partial charge < -0.3 is 51.3 Å². The molecule has 0 radical (unpaired) electrons. The molecule has 0 fully saturated rings. The van der Waals surface area contributed by atoms with Gasteiger partial charge in [-0.3, -0.25) is 28.8 Å². The molecular formula is C35H42ClN3O13. The minimum atomic E-state index is -1.01. The SMILES string of the molecule is CC(CC(=O)O)NC(=O)c1cc(Cl)ccc1O.COc1ccc(O)c(C(=O)NC(C)CC(=O)O)c1.Cc1ccc(O)c(C(=O)NC(C)CC(=O)O)c1. The Morgan fingerprint density at radius 1 is 0.596 bits per heavy atom. The van der Waals surface area contributed by atoms with Crippen LogP contribution in [-0.2, 0) is 14.4 Å². The summed E-state index contributed by atoms with van der Waals surface area (Å²) in [5.41, 5.74) is 1.07. The van der Waals surface area contributed by atoms with E-state index in [2.05, 4.69) is 16.0 Å². The van der Waals surface area contributed by atoms with E-state index >= 15 is 0 Å². The van der Waals surface area contributed by atoms with E-state index in [9.17, 15) is 44.1 Å². The highest BCUT2D eigenvalue weighted by molar-refractivity contribution is 6.31. The summed E-state index contributed by atoms with van der Waals surface area (Å²) in [4.78, 5) is 66.6. The van der Waals surface area contributed by atoms with Crippen LogP contribution in [0.25, 0.3) is 0 Å². The number of carboxylic acids is 3. The second-order valence-electron chi connectivity index (χ2n) is 11.5. The Labute approximate surface area is 304 Å². The van der Waals surface area contributed by atoms with Crippen molar-refractivity contribution >= 4 is 47.2 Å². The molecule has 3 amide bonds. The standard InChI is InChI=1S/C12H15NO5.C12H15NO4.C11H12ClNO4/c1-7(5-11(15)16)13-12(17)9-6-8(18-2)3-4-10(9)14;1-7-3-4-10(14)9(5-7)12(17)13-8(2)6-11(15)16;1-6(4-10(15)16)13-11(17)8-5-7(12)2-3-9(8)14/h3-4,6-7,14H,5H2,1-2H3,(H,13,17)(H,15,16);3-5,8,14H,6H2,1-2H3,(H,13,17)(H,15,16);2-3,5-6,14H,4H2,1H3,(H,13,17)(H,15,16). The Hall–Kier alpha value is -6.03. The van der Waals surface area contributed by atoms with Gasteiger partial charge in [-0.25, -0.2) is 0 Å². The van der Waals surface area contributed by atoms with Gasteiger partial charge in [0.1, 0.15) is 23.0 Å². The third-order valence-corrected chi connectivity index (χ3v) is 6.86. The number of ether oxygens (including phenoxy) is 1. The summed E-state index contributed by atoms with van der Waals surface area (Å²) in [5, 5.41) is 62.0. The molecule has 17 heteroatoms. The summed E-state index contributed by atoms with van der Waals surface area (Å²) in [6.45, 7) is 6.53. The number of hydrogen-bond acceptors (Lipinski definition) is 10. The molecule has 282 valence electrons. The van der Waals surface area contributed by atoms with Crippen LogP contribution < -0.4 is 20.7 Å². The number of carboxylic acid groups (broad SMARTS) is 3. The van der Waals surface area contributed by atoms with Crippen molar-refractivity contribution in [1.82, 2.24) is 16.0 Å². The lowest BCUT2D eigenvalue weighted by Gasteiger charge is -2.13. The summed E-state index contributed by atoms with van der Waals surface area (Å²) in [5.74, 6) is -4.62. The molecule has 0 saturated carbocycles. The van der Waals surface area contributed by atoms with E-state index in [0.29, 0.717) is 10.8 Å². The van der Waals surface area contributed by atoms with Gasteiger partial charge in [0.05, 0.1) is 43.1 Å². The number of aryl methyl sites for hydroxylation is 1. The first-order valence-electron chi connectivity index (χ1n) is 15.5. The molecule has 3 unspecified atom stereocenters. The predicted octanol–water partition coefficient (Wildman–Crippen LogP) is 3.93. The van der Waals surface area contributed by atoms with Gasteiger partial charge in [0, 0.05) is 23.1 Å². The number of nitrogens with one attached hydrogen (secondary N) is 3. The first kappa shape index (κ1) is 44.0. The number of rotatable bonds is 13. The lowest BCUT2D eigenvalue weighted by atomic mass is 10.1. The summed E-state index contributed by atoms with van der Waals surface area (Å²) in [6.07, 6.45) is -0.526. The maximum Gasteiger partial charge on any atom is 0.305 e. The Morgan fingerprint density at radius 2 is 0.942 bits per heavy atom. The normalized spacial score (nSPS) is 11.8. The molecule has 0 aliphatic rings. The molecule has 0 saturated heterocycles. The molecule has 0 aliphatic carbocycles. The van der Waals surface area contributed by atoms with Crippen molar-refractivity contribution in [2.75, 3.05) is 7.11 Å². The minimum absolute atomic E-state index is 0.0229. The van der Waals surface area contributed by atoms with Gasteiger partial charge in [-0.2, -0.15) is 0 Å². The van der Waals surface area contributed by atoms with Crippen molar-refractivity contribution in [3.63, 3.8) is 0 Å². The number of carbonyl (C=O) groups excluding carboxylic acids is 3. The zero-order valence-electron chi connectivity index (χ0n) is 29.0. The van der Waals surface area contributed by atoms with E-state index in [4.69, 9.17) is 31.7 Å². The molecule has 3 rings (SSSR count).